The molecule has 0 saturated carbocycles. The van der Waals surface area contributed by atoms with Gasteiger partial charge in [0.1, 0.15) is 11.6 Å². The lowest BCUT2D eigenvalue weighted by atomic mass is 10.1. The quantitative estimate of drug-likeness (QED) is 0.462. The van der Waals surface area contributed by atoms with Crippen molar-refractivity contribution in [2.24, 2.45) is 0 Å². The number of sulfonamides is 1. The maximum Gasteiger partial charge on any atom is 0.419 e. The van der Waals surface area contributed by atoms with Crippen molar-refractivity contribution < 1.29 is 35.9 Å². The molecule has 0 atom stereocenters. The molecule has 0 amide bonds. The first kappa shape index (κ1) is 24.5. The SMILES string of the molecule is Cc1cc(Cl)cnc1N(Cc1ccc(F)c(C(F)(F)F)c1)S(=O)(=O)c1ccc(C(=O)O)cc1. The molecule has 3 rings (SSSR count). The zero-order valence-electron chi connectivity index (χ0n) is 16.8. The van der Waals surface area contributed by atoms with Gasteiger partial charge in [-0.15, -0.1) is 0 Å². The second-order valence-corrected chi connectivity index (χ2v) is 9.25. The van der Waals surface area contributed by atoms with Crippen molar-refractivity contribution in [3.8, 4) is 0 Å². The Hall–Kier alpha value is -3.18. The van der Waals surface area contributed by atoms with Gasteiger partial charge in [0.05, 0.1) is 27.6 Å². The molecule has 0 aliphatic rings. The summed E-state index contributed by atoms with van der Waals surface area (Å²) in [6.45, 7) is 0.901. The smallest absolute Gasteiger partial charge is 0.419 e. The normalized spacial score (nSPS) is 11.9. The molecule has 33 heavy (non-hydrogen) atoms. The Labute approximate surface area is 191 Å². The van der Waals surface area contributed by atoms with Crippen LogP contribution in [0.1, 0.15) is 27.0 Å². The topological polar surface area (TPSA) is 87.6 Å². The lowest BCUT2D eigenvalue weighted by Gasteiger charge is -2.25. The average molecular weight is 503 g/mol. The fourth-order valence-electron chi connectivity index (χ4n) is 3.02. The van der Waals surface area contributed by atoms with E-state index in [-0.39, 0.29) is 26.9 Å². The molecule has 0 unspecified atom stereocenters. The summed E-state index contributed by atoms with van der Waals surface area (Å²) < 4.78 is 80.7. The number of alkyl halides is 3. The number of aromatic carboxylic acids is 1. The number of aromatic nitrogens is 1. The first-order valence-corrected chi connectivity index (χ1v) is 11.0. The average Bonchev–Trinajstić information content (AvgIpc) is 2.73. The lowest BCUT2D eigenvalue weighted by Crippen LogP contribution is -2.32. The Balaban J connectivity index is 2.14. The predicted octanol–water partition coefficient (Wildman–Crippen LogP) is 5.30. The van der Waals surface area contributed by atoms with Gasteiger partial charge in [-0.2, -0.15) is 13.2 Å². The summed E-state index contributed by atoms with van der Waals surface area (Å²) >= 11 is 5.90. The van der Waals surface area contributed by atoms with E-state index in [4.69, 9.17) is 16.7 Å². The number of hydrogen-bond donors (Lipinski definition) is 1. The maximum absolute atomic E-state index is 13.7. The molecule has 0 fully saturated rings. The van der Waals surface area contributed by atoms with Crippen molar-refractivity contribution in [1.82, 2.24) is 4.98 Å². The Morgan fingerprint density at radius 2 is 1.76 bits per heavy atom. The fourth-order valence-corrected chi connectivity index (χ4v) is 4.70. The Morgan fingerprint density at radius 1 is 1.12 bits per heavy atom. The van der Waals surface area contributed by atoms with E-state index in [1.807, 2.05) is 0 Å². The first-order valence-electron chi connectivity index (χ1n) is 9.14. The van der Waals surface area contributed by atoms with Crippen molar-refractivity contribution >= 4 is 33.4 Å². The number of halogens is 5. The van der Waals surface area contributed by atoms with Gasteiger partial charge in [0.2, 0.25) is 0 Å². The van der Waals surface area contributed by atoms with E-state index in [0.717, 1.165) is 34.6 Å². The molecular formula is C21H15ClF4N2O4S. The lowest BCUT2D eigenvalue weighted by molar-refractivity contribution is -0.140. The second kappa shape index (κ2) is 8.99. The number of pyridine rings is 1. The van der Waals surface area contributed by atoms with Crippen molar-refractivity contribution in [1.29, 1.82) is 0 Å². The molecule has 0 aliphatic heterocycles. The minimum atomic E-state index is -4.98. The molecule has 0 spiro atoms. The molecular weight excluding hydrogens is 488 g/mol. The number of aryl methyl sites for hydroxylation is 1. The van der Waals surface area contributed by atoms with Crippen LogP contribution in [0.4, 0.5) is 23.4 Å². The number of carboxylic acid groups (broad SMARTS) is 1. The number of benzene rings is 2. The van der Waals surface area contributed by atoms with Gasteiger partial charge in [0.15, 0.2) is 0 Å². The minimum absolute atomic E-state index is 0.111. The summed E-state index contributed by atoms with van der Waals surface area (Å²) in [5.41, 5.74) is -1.53. The largest absolute Gasteiger partial charge is 0.478 e. The highest BCUT2D eigenvalue weighted by Crippen LogP contribution is 2.34. The van der Waals surface area contributed by atoms with Gasteiger partial charge in [0.25, 0.3) is 10.0 Å². The van der Waals surface area contributed by atoms with E-state index in [1.165, 1.54) is 19.2 Å². The second-order valence-electron chi connectivity index (χ2n) is 6.95. The molecule has 1 N–H and O–H groups in total. The third-order valence-corrected chi connectivity index (χ3v) is 6.56. The van der Waals surface area contributed by atoms with E-state index in [0.29, 0.717) is 17.7 Å². The Morgan fingerprint density at radius 3 is 2.30 bits per heavy atom. The monoisotopic (exact) mass is 502 g/mol. The van der Waals surface area contributed by atoms with Gasteiger partial charge < -0.3 is 5.11 Å². The summed E-state index contributed by atoms with van der Waals surface area (Å²) in [5, 5.41) is 9.24. The van der Waals surface area contributed by atoms with Gasteiger partial charge in [-0.3, -0.25) is 0 Å². The van der Waals surface area contributed by atoms with E-state index in [2.05, 4.69) is 4.98 Å². The van der Waals surface area contributed by atoms with Crippen molar-refractivity contribution in [2.45, 2.75) is 24.5 Å². The van der Waals surface area contributed by atoms with Crippen LogP contribution in [0, 0.1) is 12.7 Å². The Kier molecular flexibility index (Phi) is 6.66. The highest BCUT2D eigenvalue weighted by molar-refractivity contribution is 7.92. The van der Waals surface area contributed by atoms with E-state index < -0.39 is 40.1 Å². The van der Waals surface area contributed by atoms with Crippen molar-refractivity contribution in [3.05, 3.63) is 87.8 Å². The molecule has 2 aromatic carbocycles. The highest BCUT2D eigenvalue weighted by atomic mass is 35.5. The van der Waals surface area contributed by atoms with Crippen LogP contribution in [0.2, 0.25) is 5.02 Å². The van der Waals surface area contributed by atoms with Crippen molar-refractivity contribution in [3.63, 3.8) is 0 Å². The first-order chi connectivity index (χ1) is 15.3. The van der Waals surface area contributed by atoms with E-state index in [9.17, 15) is 30.8 Å². The Bertz CT molecular complexity index is 1310. The summed E-state index contributed by atoms with van der Waals surface area (Å²) in [7, 11) is -4.43. The van der Waals surface area contributed by atoms with Gasteiger partial charge in [0, 0.05) is 6.20 Å². The molecule has 0 radical (unpaired) electrons. The van der Waals surface area contributed by atoms with Crippen molar-refractivity contribution in [2.75, 3.05) is 4.31 Å². The third-order valence-electron chi connectivity index (χ3n) is 4.61. The zero-order valence-corrected chi connectivity index (χ0v) is 18.3. The van der Waals surface area contributed by atoms with Crippen LogP contribution in [0.15, 0.2) is 59.6 Å². The van der Waals surface area contributed by atoms with E-state index >= 15 is 0 Å². The van der Waals surface area contributed by atoms with Crippen LogP contribution in [0.25, 0.3) is 0 Å². The molecule has 12 heteroatoms. The van der Waals surface area contributed by atoms with Gasteiger partial charge in [-0.05, 0) is 60.5 Å². The van der Waals surface area contributed by atoms with Crippen LogP contribution in [0.5, 0.6) is 0 Å². The molecule has 1 heterocycles. The number of carboxylic acids is 1. The molecule has 174 valence electrons. The third kappa shape index (κ3) is 5.25. The molecule has 0 saturated heterocycles. The van der Waals surface area contributed by atoms with Crippen LogP contribution in [-0.4, -0.2) is 24.5 Å². The molecule has 6 nitrogen and oxygen atoms in total. The molecule has 0 bridgehead atoms. The number of nitrogens with zero attached hydrogens (tertiary/aromatic N) is 2. The van der Waals surface area contributed by atoms with Crippen LogP contribution in [0.3, 0.4) is 0 Å². The van der Waals surface area contributed by atoms with Gasteiger partial charge in [-0.25, -0.2) is 26.9 Å². The maximum atomic E-state index is 13.7. The summed E-state index contributed by atoms with van der Waals surface area (Å²) in [6.07, 6.45) is -3.81. The van der Waals surface area contributed by atoms with E-state index in [1.54, 1.807) is 0 Å². The molecule has 3 aromatic rings. The highest BCUT2D eigenvalue weighted by Gasteiger charge is 2.35. The molecule has 0 aliphatic carbocycles. The predicted molar refractivity (Wildman–Crippen MR) is 112 cm³/mol. The van der Waals surface area contributed by atoms with Gasteiger partial charge >= 0.3 is 12.1 Å². The van der Waals surface area contributed by atoms with Crippen LogP contribution < -0.4 is 4.31 Å². The molecule has 1 aromatic heterocycles. The summed E-state index contributed by atoms with van der Waals surface area (Å²) in [6, 6.07) is 7.86. The van der Waals surface area contributed by atoms with Crippen LogP contribution >= 0.6 is 11.6 Å². The number of anilines is 1. The zero-order chi connectivity index (χ0) is 24.6. The standard InChI is InChI=1S/C21H15ClF4N2O4S/c1-12-8-15(22)10-27-19(12)28(11-13-2-7-18(23)17(9-13)21(24,25)26)33(31,32)16-5-3-14(4-6-16)20(29)30/h2-10H,11H2,1H3,(H,29,30). The summed E-state index contributed by atoms with van der Waals surface area (Å²) in [5.74, 6) is -2.87. The number of rotatable bonds is 6. The summed E-state index contributed by atoms with van der Waals surface area (Å²) in [4.78, 5) is 14.8. The number of carbonyl (C=O) groups is 1. The van der Waals surface area contributed by atoms with Crippen LogP contribution in [-0.2, 0) is 22.7 Å². The number of hydrogen-bond acceptors (Lipinski definition) is 4. The van der Waals surface area contributed by atoms with Gasteiger partial charge in [-0.1, -0.05) is 17.7 Å². The minimum Gasteiger partial charge on any atom is -0.478 e. The fraction of sp³-hybridized carbons (Fsp3) is 0.143.